The largest absolute Gasteiger partial charge is 0.490 e. The van der Waals surface area contributed by atoms with Gasteiger partial charge in [0.25, 0.3) is 5.91 Å². The molecule has 1 aliphatic carbocycles. The molecule has 2 aliphatic rings. The molecule has 0 fully saturated rings. The maximum atomic E-state index is 13.2. The number of aliphatic carboxylic acids is 1. The van der Waals surface area contributed by atoms with E-state index in [1.165, 1.54) is 4.88 Å². The van der Waals surface area contributed by atoms with Crippen molar-refractivity contribution in [3.05, 3.63) is 103 Å². The monoisotopic (exact) mass is 983 g/mol. The molecular weight excluding hydrogens is 931 g/mol. The number of carbonyl (C=O) groups excluding carboxylic acids is 3. The molecule has 2 aromatic carbocycles. The number of aliphatic imine (C=N–C) groups is 1. The van der Waals surface area contributed by atoms with Gasteiger partial charge in [-0.05, 0) is 75.4 Å². The fourth-order valence-electron chi connectivity index (χ4n) is 7.82. The summed E-state index contributed by atoms with van der Waals surface area (Å²) in [5, 5.41) is 28.5. The Bertz CT molecular complexity index is 2700. The number of halogens is 4. The minimum Gasteiger partial charge on any atom is -0.475 e. The first-order valence-electron chi connectivity index (χ1n) is 21.6. The van der Waals surface area contributed by atoms with E-state index in [9.17, 15) is 27.6 Å². The number of ether oxygens (including phenoxy) is 3. The third-order valence-corrected chi connectivity index (χ3v) is 12.5. The standard InChI is InChI=1S/C44H52ClN9O6S.C2HF3O2/c1-25-27(3)61-43-38(25)40(29-7-9-30(45)10-8-29)49-34(42-51-50-28(4)53(42)43)22-37(56)48-14-16-59-18-20-60-19-17-58-15-13-47-33-21-31(11-12-32(33)41(46)57)54-35-23-44(5,6)24-36(55)39(35)26(2)52-54;3-2(4,5)1(6)7/h7-12,21,34,47H,13-20,22-24H2,1-6H3,(H2,46,57)(H,48,56);(H,6,7)/t34-;/m0./s1. The Balaban J connectivity index is 0.00000101. The number of ketones is 1. The number of aromatic nitrogens is 5. The first-order valence-corrected chi connectivity index (χ1v) is 22.8. The van der Waals surface area contributed by atoms with Crippen LogP contribution in [0, 0.1) is 33.1 Å². The second kappa shape index (κ2) is 22.0. The van der Waals surface area contributed by atoms with Crippen molar-refractivity contribution in [3.63, 3.8) is 0 Å². The number of carbonyl (C=O) groups is 4. The summed E-state index contributed by atoms with van der Waals surface area (Å²) in [6.07, 6.45) is -3.80. The van der Waals surface area contributed by atoms with E-state index in [0.29, 0.717) is 98.9 Å². The predicted octanol–water partition coefficient (Wildman–Crippen LogP) is 6.85. The molecule has 3 aromatic heterocycles. The molecular formula is C46H53ClF3N9O8S. The van der Waals surface area contributed by atoms with Crippen molar-refractivity contribution in [3.8, 4) is 10.7 Å². The van der Waals surface area contributed by atoms with Crippen molar-refractivity contribution in [2.75, 3.05) is 58.0 Å². The number of amides is 2. The molecule has 68 heavy (non-hydrogen) atoms. The van der Waals surface area contributed by atoms with Crippen LogP contribution in [0.1, 0.15) is 98.1 Å². The molecule has 2 amide bonds. The van der Waals surface area contributed by atoms with Gasteiger partial charge in [0.1, 0.15) is 16.9 Å². The smallest absolute Gasteiger partial charge is 0.475 e. The Morgan fingerprint density at radius 2 is 1.56 bits per heavy atom. The van der Waals surface area contributed by atoms with Crippen LogP contribution < -0.4 is 16.4 Å². The van der Waals surface area contributed by atoms with E-state index >= 15 is 0 Å². The number of alkyl halides is 3. The molecule has 0 spiro atoms. The van der Waals surface area contributed by atoms with E-state index in [1.807, 2.05) is 48.7 Å². The van der Waals surface area contributed by atoms with Crippen molar-refractivity contribution in [2.45, 2.75) is 73.0 Å². The Hall–Kier alpha value is -6.00. The Morgan fingerprint density at radius 1 is 0.926 bits per heavy atom. The van der Waals surface area contributed by atoms with Crippen LogP contribution in [0.25, 0.3) is 10.7 Å². The van der Waals surface area contributed by atoms with Gasteiger partial charge in [-0.15, -0.1) is 21.5 Å². The number of hydrogen-bond acceptors (Lipinski definition) is 13. The molecule has 1 atom stereocenters. The highest BCUT2D eigenvalue weighted by Crippen LogP contribution is 2.40. The van der Waals surface area contributed by atoms with Crippen LogP contribution in [0.2, 0.25) is 5.02 Å². The van der Waals surface area contributed by atoms with E-state index < -0.39 is 24.1 Å². The summed E-state index contributed by atoms with van der Waals surface area (Å²) >= 11 is 7.89. The SMILES string of the molecule is Cc1nn(-c2ccc(C(N)=O)c(NCCOCCOCCOCCNC(=O)C[C@@H]3N=C(c4ccc(Cl)cc4)c4c(sc(C)c4C)-n4c(C)nnc43)c2)c2c1C(=O)CC(C)(C)C2.O=C(O)C(F)(F)F. The maximum Gasteiger partial charge on any atom is 0.490 e. The first kappa shape index (κ1) is 51.4. The quantitative estimate of drug-likeness (QED) is 0.0662. The summed E-state index contributed by atoms with van der Waals surface area (Å²) in [5.74, 6) is -2.03. The van der Waals surface area contributed by atoms with Gasteiger partial charge in [-0.2, -0.15) is 18.3 Å². The van der Waals surface area contributed by atoms with Crippen molar-refractivity contribution in [1.29, 1.82) is 0 Å². The molecule has 0 radical (unpaired) electrons. The van der Waals surface area contributed by atoms with Crippen LogP contribution in [0.15, 0.2) is 47.5 Å². The number of nitrogens with zero attached hydrogens (tertiary/aromatic N) is 6. The zero-order valence-corrected chi connectivity index (χ0v) is 40.0. The third kappa shape index (κ3) is 12.4. The summed E-state index contributed by atoms with van der Waals surface area (Å²) < 4.78 is 52.7. The van der Waals surface area contributed by atoms with Crippen LogP contribution in [-0.2, 0) is 30.2 Å². The Kier molecular flexibility index (Phi) is 16.6. The van der Waals surface area contributed by atoms with Crippen LogP contribution >= 0.6 is 22.9 Å². The first-order chi connectivity index (χ1) is 32.2. The van der Waals surface area contributed by atoms with Gasteiger partial charge in [0, 0.05) is 46.2 Å². The van der Waals surface area contributed by atoms with Gasteiger partial charge in [-0.3, -0.25) is 23.9 Å². The molecule has 1 aliphatic heterocycles. The van der Waals surface area contributed by atoms with Gasteiger partial charge in [-0.1, -0.05) is 37.6 Å². The molecule has 0 bridgehead atoms. The minimum atomic E-state index is -5.08. The molecule has 17 nitrogen and oxygen atoms in total. The van der Waals surface area contributed by atoms with E-state index in [4.69, 9.17) is 51.5 Å². The van der Waals surface area contributed by atoms with Crippen LogP contribution in [0.5, 0.6) is 0 Å². The number of nitrogens with two attached hydrogens (primary N) is 1. The van der Waals surface area contributed by atoms with Crippen molar-refractivity contribution < 1.29 is 51.7 Å². The molecule has 7 rings (SSSR count). The lowest BCUT2D eigenvalue weighted by Crippen LogP contribution is -2.29. The van der Waals surface area contributed by atoms with Gasteiger partial charge in [0.05, 0.1) is 80.0 Å². The average Bonchev–Trinajstić information content (AvgIpc) is 3.88. The number of aryl methyl sites for hydroxylation is 3. The fourth-order valence-corrected chi connectivity index (χ4v) is 9.16. The molecule has 5 aromatic rings. The van der Waals surface area contributed by atoms with E-state index in [0.717, 1.165) is 44.6 Å². The number of nitrogens with one attached hydrogen (secondary N) is 2. The number of anilines is 1. The number of rotatable bonds is 18. The molecule has 0 unspecified atom stereocenters. The lowest BCUT2D eigenvalue weighted by atomic mass is 9.75. The topological polar surface area (TPSA) is 227 Å². The van der Waals surface area contributed by atoms with E-state index in [1.54, 1.807) is 28.2 Å². The van der Waals surface area contributed by atoms with Gasteiger partial charge in [0.15, 0.2) is 11.6 Å². The van der Waals surface area contributed by atoms with E-state index in [-0.39, 0.29) is 23.5 Å². The summed E-state index contributed by atoms with van der Waals surface area (Å²) in [6, 6.07) is 12.3. The molecule has 5 N–H and O–H groups in total. The summed E-state index contributed by atoms with van der Waals surface area (Å²) in [6.45, 7) is 15.0. The maximum absolute atomic E-state index is 13.2. The van der Waals surface area contributed by atoms with Crippen molar-refractivity contribution in [1.82, 2.24) is 29.9 Å². The molecule has 4 heterocycles. The second-order valence-electron chi connectivity index (χ2n) is 16.9. The Morgan fingerprint density at radius 3 is 2.19 bits per heavy atom. The summed E-state index contributed by atoms with van der Waals surface area (Å²) in [7, 11) is 0. The zero-order valence-electron chi connectivity index (χ0n) is 38.4. The number of hydrogen-bond donors (Lipinski definition) is 4. The fraction of sp³-hybridized carbons (Fsp3) is 0.435. The summed E-state index contributed by atoms with van der Waals surface area (Å²) in [4.78, 5) is 53.6. The molecule has 22 heteroatoms. The highest BCUT2D eigenvalue weighted by molar-refractivity contribution is 7.15. The highest BCUT2D eigenvalue weighted by atomic mass is 35.5. The van der Waals surface area contributed by atoms with Crippen LogP contribution in [-0.4, -0.2) is 118 Å². The number of Topliss-reactive ketones (excluding diaryl/α,β-unsaturated/α-hetero) is 1. The number of thiophene rings is 1. The lowest BCUT2D eigenvalue weighted by molar-refractivity contribution is -0.192. The van der Waals surface area contributed by atoms with Crippen molar-refractivity contribution in [2.24, 2.45) is 16.1 Å². The molecule has 0 saturated carbocycles. The van der Waals surface area contributed by atoms with E-state index in [2.05, 4.69) is 48.5 Å². The molecule has 0 saturated heterocycles. The van der Waals surface area contributed by atoms with Gasteiger partial charge in [0.2, 0.25) is 5.91 Å². The van der Waals surface area contributed by atoms with Crippen molar-refractivity contribution >= 4 is 57.9 Å². The normalized spacial score (nSPS) is 15.0. The van der Waals surface area contributed by atoms with Crippen LogP contribution in [0.3, 0.4) is 0 Å². The number of benzene rings is 2. The highest BCUT2D eigenvalue weighted by Gasteiger charge is 2.39. The minimum absolute atomic E-state index is 0.0912. The predicted molar refractivity (Wildman–Crippen MR) is 249 cm³/mol. The lowest BCUT2D eigenvalue weighted by Gasteiger charge is -2.29. The number of primary amides is 1. The zero-order chi connectivity index (χ0) is 49.5. The van der Waals surface area contributed by atoms with Crippen LogP contribution in [0.4, 0.5) is 18.9 Å². The van der Waals surface area contributed by atoms with Gasteiger partial charge in [-0.25, -0.2) is 9.48 Å². The second-order valence-corrected chi connectivity index (χ2v) is 18.5. The number of carboxylic acid groups (broad SMARTS) is 1. The number of fused-ring (bicyclic) bond motifs is 4. The Labute approximate surface area is 399 Å². The average molecular weight is 984 g/mol. The number of carboxylic acids is 1. The summed E-state index contributed by atoms with van der Waals surface area (Å²) in [5.41, 5.74) is 13.3. The third-order valence-electron chi connectivity index (χ3n) is 11.1. The molecule has 364 valence electrons. The van der Waals surface area contributed by atoms with Gasteiger partial charge < -0.3 is 35.7 Å². The van der Waals surface area contributed by atoms with Gasteiger partial charge >= 0.3 is 12.1 Å².